The van der Waals surface area contributed by atoms with Gasteiger partial charge in [-0.15, -0.1) is 0 Å². The highest BCUT2D eigenvalue weighted by Crippen LogP contribution is 2.53. The maximum absolute atomic E-state index is 5.94. The number of nitrogens with zero attached hydrogens (tertiary/aromatic N) is 1. The fourth-order valence-electron chi connectivity index (χ4n) is 7.38. The van der Waals surface area contributed by atoms with Crippen LogP contribution >= 0.6 is 12.2 Å². The Bertz CT molecular complexity index is 834. The molecule has 0 spiro atoms. The van der Waals surface area contributed by atoms with Crippen molar-refractivity contribution >= 4 is 17.3 Å². The summed E-state index contributed by atoms with van der Waals surface area (Å²) < 4.78 is 0. The molecule has 0 aliphatic heterocycles. The minimum atomic E-state index is 0.0494. The van der Waals surface area contributed by atoms with E-state index >= 15 is 0 Å². The van der Waals surface area contributed by atoms with Crippen molar-refractivity contribution < 1.29 is 0 Å². The Morgan fingerprint density at radius 2 is 1.81 bits per heavy atom. The molecule has 2 saturated carbocycles. The number of hydrogen-bond acceptors (Lipinski definition) is 2. The molecule has 2 N–H and O–H groups in total. The van der Waals surface area contributed by atoms with E-state index in [4.69, 9.17) is 12.2 Å². The molecule has 0 bridgehead atoms. The van der Waals surface area contributed by atoms with Gasteiger partial charge in [-0.3, -0.25) is 0 Å². The van der Waals surface area contributed by atoms with Crippen molar-refractivity contribution in [3.05, 3.63) is 34.9 Å². The zero-order valence-corrected chi connectivity index (χ0v) is 22.1. The van der Waals surface area contributed by atoms with Crippen LogP contribution in [0.4, 0.5) is 0 Å². The average molecular weight is 456 g/mol. The van der Waals surface area contributed by atoms with Gasteiger partial charge in [-0.25, -0.2) is 0 Å². The SMILES string of the molecule is CC(C)c1ccc2c(c1)CC[C@H]1[C@](C)(NC(=S)N[C@@H]3CCCC[C@H]3N(C)C)CCC[C@]21C. The van der Waals surface area contributed by atoms with Crippen molar-refractivity contribution in [1.82, 2.24) is 15.5 Å². The van der Waals surface area contributed by atoms with Crippen molar-refractivity contribution in [2.75, 3.05) is 14.1 Å². The summed E-state index contributed by atoms with van der Waals surface area (Å²) >= 11 is 5.94. The second-order valence-corrected chi connectivity index (χ2v) is 12.3. The summed E-state index contributed by atoms with van der Waals surface area (Å²) in [6.07, 6.45) is 11.3. The van der Waals surface area contributed by atoms with Gasteiger partial charge in [-0.05, 0) is 106 Å². The van der Waals surface area contributed by atoms with Crippen LogP contribution in [-0.4, -0.2) is 41.7 Å². The van der Waals surface area contributed by atoms with E-state index in [1.54, 1.807) is 11.1 Å². The summed E-state index contributed by atoms with van der Waals surface area (Å²) in [6.45, 7) is 9.58. The topological polar surface area (TPSA) is 27.3 Å². The van der Waals surface area contributed by atoms with Crippen molar-refractivity contribution in [1.29, 1.82) is 0 Å². The van der Waals surface area contributed by atoms with Crippen LogP contribution in [0.2, 0.25) is 0 Å². The summed E-state index contributed by atoms with van der Waals surface area (Å²) in [5.41, 5.74) is 4.96. The molecule has 5 atom stereocenters. The molecule has 2 fully saturated rings. The third kappa shape index (κ3) is 4.46. The Morgan fingerprint density at radius 3 is 2.53 bits per heavy atom. The number of thiocarbonyl (C=S) groups is 1. The summed E-state index contributed by atoms with van der Waals surface area (Å²) in [6, 6.07) is 8.37. The van der Waals surface area contributed by atoms with Crippen LogP contribution in [0.1, 0.15) is 102 Å². The van der Waals surface area contributed by atoms with Crippen LogP contribution in [0, 0.1) is 5.92 Å². The number of likely N-dealkylation sites (N-methyl/N-ethyl adjacent to an activating group) is 1. The number of fused-ring (bicyclic) bond motifs is 3. The Kier molecular flexibility index (Phi) is 6.94. The van der Waals surface area contributed by atoms with Crippen LogP contribution in [0.15, 0.2) is 18.2 Å². The smallest absolute Gasteiger partial charge is 0.166 e. The second kappa shape index (κ2) is 9.25. The lowest BCUT2D eigenvalue weighted by Gasteiger charge is -2.56. The van der Waals surface area contributed by atoms with Gasteiger partial charge < -0.3 is 15.5 Å². The summed E-state index contributed by atoms with van der Waals surface area (Å²) in [5, 5.41) is 8.51. The molecule has 0 aromatic heterocycles. The lowest BCUT2D eigenvalue weighted by Crippen LogP contribution is -2.64. The molecule has 4 rings (SSSR count). The third-order valence-electron chi connectivity index (χ3n) is 9.15. The molecule has 32 heavy (non-hydrogen) atoms. The van der Waals surface area contributed by atoms with Gasteiger partial charge in [-0.1, -0.05) is 58.2 Å². The minimum absolute atomic E-state index is 0.0494. The van der Waals surface area contributed by atoms with Crippen LogP contribution in [0.25, 0.3) is 0 Å². The average Bonchev–Trinajstić information content (AvgIpc) is 2.73. The van der Waals surface area contributed by atoms with Crippen LogP contribution in [0.5, 0.6) is 0 Å². The van der Waals surface area contributed by atoms with E-state index in [1.165, 1.54) is 63.4 Å². The zero-order valence-electron chi connectivity index (χ0n) is 21.3. The molecular weight excluding hydrogens is 410 g/mol. The van der Waals surface area contributed by atoms with E-state index < -0.39 is 0 Å². The second-order valence-electron chi connectivity index (χ2n) is 11.9. The molecule has 1 aromatic rings. The molecule has 3 aliphatic rings. The lowest BCUT2D eigenvalue weighted by molar-refractivity contribution is 0.0758. The molecule has 3 nitrogen and oxygen atoms in total. The van der Waals surface area contributed by atoms with Gasteiger partial charge in [-0.2, -0.15) is 0 Å². The van der Waals surface area contributed by atoms with Crippen molar-refractivity contribution in [3.8, 4) is 0 Å². The highest BCUT2D eigenvalue weighted by molar-refractivity contribution is 7.80. The number of nitrogens with one attached hydrogen (secondary N) is 2. The maximum Gasteiger partial charge on any atom is 0.166 e. The first-order valence-corrected chi connectivity index (χ1v) is 13.4. The van der Waals surface area contributed by atoms with Gasteiger partial charge in [0.2, 0.25) is 0 Å². The highest BCUT2D eigenvalue weighted by atomic mass is 32.1. The predicted molar refractivity (Wildman–Crippen MR) is 141 cm³/mol. The standard InChI is InChI=1S/C28H45N3S/c1-19(2)20-12-14-22-21(18-20)13-15-25-27(22,3)16-9-17-28(25,4)30-26(32)29-23-10-7-8-11-24(23)31(5)6/h12,14,18-19,23-25H,7-11,13,15-17H2,1-6H3,(H2,29,30,32)/t23-,24-,25-,27-,28-/m1/s1. The fourth-order valence-corrected chi connectivity index (χ4v) is 7.77. The number of rotatable bonds is 4. The van der Waals surface area contributed by atoms with Gasteiger partial charge in [0, 0.05) is 17.6 Å². The molecule has 1 aromatic carbocycles. The molecule has 0 radical (unpaired) electrons. The first kappa shape index (κ1) is 24.0. The van der Waals surface area contributed by atoms with E-state index in [-0.39, 0.29) is 11.0 Å². The minimum Gasteiger partial charge on any atom is -0.358 e. The highest BCUT2D eigenvalue weighted by Gasteiger charge is 2.52. The van der Waals surface area contributed by atoms with Gasteiger partial charge in [0.05, 0.1) is 0 Å². The van der Waals surface area contributed by atoms with Gasteiger partial charge in [0.15, 0.2) is 5.11 Å². The summed E-state index contributed by atoms with van der Waals surface area (Å²) in [5.74, 6) is 1.20. The first-order valence-electron chi connectivity index (χ1n) is 13.0. The Morgan fingerprint density at radius 1 is 1.06 bits per heavy atom. The Balaban J connectivity index is 1.52. The molecule has 3 aliphatic carbocycles. The van der Waals surface area contributed by atoms with E-state index in [2.05, 4.69) is 75.5 Å². The third-order valence-corrected chi connectivity index (χ3v) is 9.37. The van der Waals surface area contributed by atoms with Gasteiger partial charge >= 0.3 is 0 Å². The number of benzene rings is 1. The molecule has 0 heterocycles. The molecule has 0 unspecified atom stereocenters. The maximum atomic E-state index is 5.94. The molecule has 178 valence electrons. The summed E-state index contributed by atoms with van der Waals surface area (Å²) in [7, 11) is 4.42. The van der Waals surface area contributed by atoms with Gasteiger partial charge in [0.25, 0.3) is 0 Å². The Hall–Kier alpha value is -1.13. The van der Waals surface area contributed by atoms with Crippen LogP contribution in [0.3, 0.4) is 0 Å². The molecule has 0 saturated heterocycles. The Labute approximate surface area is 202 Å². The van der Waals surface area contributed by atoms with Crippen molar-refractivity contribution in [3.63, 3.8) is 0 Å². The number of aryl methyl sites for hydroxylation is 1. The molecular formula is C28H45N3S. The van der Waals surface area contributed by atoms with E-state index in [9.17, 15) is 0 Å². The largest absolute Gasteiger partial charge is 0.358 e. The van der Waals surface area contributed by atoms with E-state index in [0.717, 1.165) is 5.11 Å². The van der Waals surface area contributed by atoms with E-state index in [1.807, 2.05) is 0 Å². The molecule has 0 amide bonds. The predicted octanol–water partition coefficient (Wildman–Crippen LogP) is 5.91. The fraction of sp³-hybridized carbons (Fsp3) is 0.750. The monoisotopic (exact) mass is 455 g/mol. The molecule has 4 heteroatoms. The first-order chi connectivity index (χ1) is 15.1. The quantitative estimate of drug-likeness (QED) is 0.552. The van der Waals surface area contributed by atoms with Crippen LogP contribution in [-0.2, 0) is 11.8 Å². The zero-order chi connectivity index (χ0) is 23.1. The van der Waals surface area contributed by atoms with Crippen LogP contribution < -0.4 is 10.6 Å². The van der Waals surface area contributed by atoms with Gasteiger partial charge in [0.1, 0.15) is 0 Å². The van der Waals surface area contributed by atoms with Crippen molar-refractivity contribution in [2.45, 2.75) is 114 Å². The van der Waals surface area contributed by atoms with Crippen molar-refractivity contribution in [2.24, 2.45) is 5.92 Å². The summed E-state index contributed by atoms with van der Waals surface area (Å²) in [4.78, 5) is 2.38. The number of hydrogen-bond donors (Lipinski definition) is 2. The van der Waals surface area contributed by atoms with E-state index in [0.29, 0.717) is 23.9 Å². The normalized spacial score (nSPS) is 34.7. The lowest BCUT2D eigenvalue weighted by atomic mass is 9.52.